The number of benzene rings is 1. The molecule has 1 amide bonds. The van der Waals surface area contributed by atoms with Gasteiger partial charge in [0.25, 0.3) is 0 Å². The lowest BCUT2D eigenvalue weighted by Crippen LogP contribution is -2.20. The SMILES string of the molecule is Cc1ccc(CSc2nnc(NC(=O)C[C@H]3C[C@@H]4CC[C@@H]3C4)s2)cc1. The molecule has 4 nitrogen and oxygen atoms in total. The normalized spacial score (nSPS) is 24.6. The van der Waals surface area contributed by atoms with Crippen molar-refractivity contribution in [3.63, 3.8) is 0 Å². The lowest BCUT2D eigenvalue weighted by Gasteiger charge is -2.20. The molecule has 2 aliphatic carbocycles. The molecule has 132 valence electrons. The van der Waals surface area contributed by atoms with Gasteiger partial charge in [-0.15, -0.1) is 10.2 Å². The third-order valence-corrected chi connectivity index (χ3v) is 7.51. The molecular weight excluding hydrogens is 350 g/mol. The van der Waals surface area contributed by atoms with Crippen LogP contribution < -0.4 is 5.32 Å². The molecule has 4 rings (SSSR count). The zero-order valence-electron chi connectivity index (χ0n) is 14.4. The molecule has 0 saturated heterocycles. The highest BCUT2D eigenvalue weighted by atomic mass is 32.2. The van der Waals surface area contributed by atoms with E-state index in [2.05, 4.69) is 46.7 Å². The summed E-state index contributed by atoms with van der Waals surface area (Å²) in [4.78, 5) is 12.3. The van der Waals surface area contributed by atoms with E-state index in [1.165, 1.54) is 48.1 Å². The highest BCUT2D eigenvalue weighted by Crippen LogP contribution is 2.49. The van der Waals surface area contributed by atoms with Crippen LogP contribution in [-0.2, 0) is 10.5 Å². The van der Waals surface area contributed by atoms with E-state index in [0.29, 0.717) is 17.5 Å². The van der Waals surface area contributed by atoms with Crippen molar-refractivity contribution < 1.29 is 4.79 Å². The van der Waals surface area contributed by atoms with Crippen LogP contribution in [0.4, 0.5) is 5.13 Å². The Hall–Kier alpha value is -1.40. The first kappa shape index (κ1) is 17.0. The number of hydrogen-bond donors (Lipinski definition) is 1. The molecule has 25 heavy (non-hydrogen) atoms. The fourth-order valence-electron chi connectivity index (χ4n) is 4.18. The van der Waals surface area contributed by atoms with Crippen molar-refractivity contribution >= 4 is 34.1 Å². The Balaban J connectivity index is 1.26. The zero-order valence-corrected chi connectivity index (χ0v) is 16.0. The van der Waals surface area contributed by atoms with Gasteiger partial charge in [0, 0.05) is 12.2 Å². The summed E-state index contributed by atoms with van der Waals surface area (Å²) in [6, 6.07) is 8.53. The molecule has 1 aromatic carbocycles. The van der Waals surface area contributed by atoms with Crippen molar-refractivity contribution in [2.75, 3.05) is 5.32 Å². The van der Waals surface area contributed by atoms with Gasteiger partial charge >= 0.3 is 0 Å². The van der Waals surface area contributed by atoms with Crippen molar-refractivity contribution in [3.05, 3.63) is 35.4 Å². The van der Waals surface area contributed by atoms with Crippen LogP contribution in [0.25, 0.3) is 0 Å². The smallest absolute Gasteiger partial charge is 0.226 e. The maximum Gasteiger partial charge on any atom is 0.226 e. The number of carbonyl (C=O) groups is 1. The predicted octanol–water partition coefficient (Wildman–Crippen LogP) is 4.90. The van der Waals surface area contributed by atoms with Crippen molar-refractivity contribution in [2.24, 2.45) is 17.8 Å². The Morgan fingerprint density at radius 1 is 1.24 bits per heavy atom. The number of anilines is 1. The van der Waals surface area contributed by atoms with E-state index in [9.17, 15) is 4.79 Å². The first-order valence-corrected chi connectivity index (χ1v) is 10.8. The lowest BCUT2D eigenvalue weighted by molar-refractivity contribution is -0.117. The van der Waals surface area contributed by atoms with Crippen LogP contribution in [0.5, 0.6) is 0 Å². The first-order chi connectivity index (χ1) is 12.2. The van der Waals surface area contributed by atoms with Gasteiger partial charge in [-0.25, -0.2) is 0 Å². The first-order valence-electron chi connectivity index (χ1n) is 8.97. The van der Waals surface area contributed by atoms with Gasteiger partial charge in [0.15, 0.2) is 4.34 Å². The maximum absolute atomic E-state index is 12.3. The Kier molecular flexibility index (Phi) is 5.08. The molecule has 1 aromatic heterocycles. The molecule has 3 atom stereocenters. The van der Waals surface area contributed by atoms with Crippen molar-refractivity contribution in [1.29, 1.82) is 0 Å². The third kappa shape index (κ3) is 4.23. The monoisotopic (exact) mass is 373 g/mol. The second kappa shape index (κ2) is 7.46. The van der Waals surface area contributed by atoms with E-state index in [1.807, 2.05) is 0 Å². The second-order valence-corrected chi connectivity index (χ2v) is 9.53. The summed E-state index contributed by atoms with van der Waals surface area (Å²) in [5, 5.41) is 11.9. The van der Waals surface area contributed by atoms with E-state index >= 15 is 0 Å². The number of rotatable bonds is 6. The zero-order chi connectivity index (χ0) is 17.2. The molecule has 0 spiro atoms. The summed E-state index contributed by atoms with van der Waals surface area (Å²) in [6.45, 7) is 2.09. The number of thioether (sulfide) groups is 1. The van der Waals surface area contributed by atoms with E-state index in [0.717, 1.165) is 21.9 Å². The summed E-state index contributed by atoms with van der Waals surface area (Å²) in [5.74, 6) is 3.22. The highest BCUT2D eigenvalue weighted by molar-refractivity contribution is 8.00. The predicted molar refractivity (Wildman–Crippen MR) is 103 cm³/mol. The molecular formula is C19H23N3OS2. The number of nitrogens with zero attached hydrogens (tertiary/aromatic N) is 2. The van der Waals surface area contributed by atoms with Crippen LogP contribution in [0.2, 0.25) is 0 Å². The maximum atomic E-state index is 12.3. The number of aromatic nitrogens is 2. The number of nitrogens with one attached hydrogen (secondary N) is 1. The van der Waals surface area contributed by atoms with Crippen molar-refractivity contribution in [2.45, 2.75) is 49.1 Å². The van der Waals surface area contributed by atoms with E-state index in [-0.39, 0.29) is 5.91 Å². The summed E-state index contributed by atoms with van der Waals surface area (Å²) in [5.41, 5.74) is 2.54. The fourth-order valence-corrected chi connectivity index (χ4v) is 5.91. The second-order valence-electron chi connectivity index (χ2n) is 7.33. The van der Waals surface area contributed by atoms with Gasteiger partial charge in [-0.2, -0.15) is 0 Å². The minimum atomic E-state index is 0.101. The Bertz CT molecular complexity index is 743. The number of hydrogen-bond acceptors (Lipinski definition) is 5. The van der Waals surface area contributed by atoms with Crippen LogP contribution in [0.15, 0.2) is 28.6 Å². The minimum Gasteiger partial charge on any atom is -0.300 e. The average molecular weight is 374 g/mol. The van der Waals surface area contributed by atoms with Gasteiger partial charge in [-0.05, 0) is 49.5 Å². The van der Waals surface area contributed by atoms with Gasteiger partial charge < -0.3 is 5.32 Å². The molecule has 0 aliphatic heterocycles. The summed E-state index contributed by atoms with van der Waals surface area (Å²) in [6.07, 6.45) is 5.93. The van der Waals surface area contributed by atoms with Crippen LogP contribution >= 0.6 is 23.1 Å². The van der Waals surface area contributed by atoms with E-state index in [4.69, 9.17) is 0 Å². The van der Waals surface area contributed by atoms with Gasteiger partial charge in [0.1, 0.15) is 0 Å². The van der Waals surface area contributed by atoms with Gasteiger partial charge in [-0.3, -0.25) is 4.79 Å². The Labute approximate surface area is 156 Å². The topological polar surface area (TPSA) is 54.9 Å². The molecule has 6 heteroatoms. The van der Waals surface area contributed by atoms with E-state index < -0.39 is 0 Å². The molecule has 2 fully saturated rings. The molecule has 0 unspecified atom stereocenters. The quantitative estimate of drug-likeness (QED) is 0.578. The molecule has 2 aliphatic rings. The van der Waals surface area contributed by atoms with Crippen LogP contribution in [0.3, 0.4) is 0 Å². The van der Waals surface area contributed by atoms with Gasteiger partial charge in [-0.1, -0.05) is 59.3 Å². The molecule has 1 heterocycles. The molecule has 2 aromatic rings. The standard InChI is InChI=1S/C19H23N3OS2/c1-12-2-4-13(5-3-12)11-24-19-22-21-18(25-19)20-17(23)10-16-9-14-6-7-15(16)8-14/h2-5,14-16H,6-11H2,1H3,(H,20,21,23)/t14-,15-,16-/m1/s1. The highest BCUT2D eigenvalue weighted by Gasteiger charge is 2.40. The van der Waals surface area contributed by atoms with Crippen LogP contribution in [0.1, 0.15) is 43.2 Å². The van der Waals surface area contributed by atoms with E-state index in [1.54, 1.807) is 11.8 Å². The van der Waals surface area contributed by atoms with Crippen molar-refractivity contribution in [1.82, 2.24) is 10.2 Å². The fraction of sp³-hybridized carbons (Fsp3) is 0.526. The number of fused-ring (bicyclic) bond motifs is 2. The number of carbonyl (C=O) groups excluding carboxylic acids is 1. The van der Waals surface area contributed by atoms with Gasteiger partial charge in [0.2, 0.25) is 11.0 Å². The number of amides is 1. The Morgan fingerprint density at radius 3 is 2.80 bits per heavy atom. The van der Waals surface area contributed by atoms with Crippen molar-refractivity contribution in [3.8, 4) is 0 Å². The molecule has 2 saturated carbocycles. The van der Waals surface area contributed by atoms with Gasteiger partial charge in [0.05, 0.1) is 0 Å². The minimum absolute atomic E-state index is 0.101. The van der Waals surface area contributed by atoms with Crippen LogP contribution in [0, 0.1) is 24.7 Å². The number of aryl methyl sites for hydroxylation is 1. The third-order valence-electron chi connectivity index (χ3n) is 5.47. The van der Waals surface area contributed by atoms with Crippen LogP contribution in [-0.4, -0.2) is 16.1 Å². The Morgan fingerprint density at radius 2 is 2.08 bits per heavy atom. The molecule has 0 radical (unpaired) electrons. The summed E-state index contributed by atoms with van der Waals surface area (Å²) in [7, 11) is 0. The summed E-state index contributed by atoms with van der Waals surface area (Å²) >= 11 is 3.13. The molecule has 2 bridgehead atoms. The lowest BCUT2D eigenvalue weighted by atomic mass is 9.86. The summed E-state index contributed by atoms with van der Waals surface area (Å²) < 4.78 is 0.899. The largest absolute Gasteiger partial charge is 0.300 e. The molecule has 1 N–H and O–H groups in total. The average Bonchev–Trinajstić information content (AvgIpc) is 3.31.